The number of carbonyl (C=O) groups is 2. The zero-order valence-corrected chi connectivity index (χ0v) is 19.3. The van der Waals surface area contributed by atoms with E-state index in [2.05, 4.69) is 26.1 Å². The van der Waals surface area contributed by atoms with Gasteiger partial charge in [-0.3, -0.25) is 19.4 Å². The lowest BCUT2D eigenvalue weighted by Gasteiger charge is -2.47. The van der Waals surface area contributed by atoms with Crippen molar-refractivity contribution in [3.05, 3.63) is 29.8 Å². The van der Waals surface area contributed by atoms with E-state index in [1.807, 2.05) is 31.2 Å². The number of nitriles is 1. The highest BCUT2D eigenvalue weighted by Gasteiger charge is 2.35. The van der Waals surface area contributed by atoms with Crippen LogP contribution in [0.3, 0.4) is 0 Å². The lowest BCUT2D eigenvalue weighted by molar-refractivity contribution is -0.145. The first-order chi connectivity index (χ1) is 15.5. The van der Waals surface area contributed by atoms with Crippen LogP contribution in [-0.2, 0) is 14.3 Å². The average molecular weight is 442 g/mol. The standard InChI is InChI=1S/C24H35N5O3/c1-3-32-24(31)18-27-11-10-22(20(17-27)6-9-23(30)26-2)29-14-12-28(13-15-29)21-7-4-19(16-25)5-8-21/h4-5,7-8,20,22H,3,6,9-15,17-18H2,1-2H3,(H,26,30). The second-order valence-electron chi connectivity index (χ2n) is 8.55. The third kappa shape index (κ3) is 6.44. The zero-order valence-electron chi connectivity index (χ0n) is 19.3. The van der Waals surface area contributed by atoms with Gasteiger partial charge in [0, 0.05) is 64.5 Å². The van der Waals surface area contributed by atoms with Crippen molar-refractivity contribution in [3.8, 4) is 6.07 Å². The van der Waals surface area contributed by atoms with E-state index in [4.69, 9.17) is 10.00 Å². The lowest BCUT2D eigenvalue weighted by atomic mass is 9.86. The van der Waals surface area contributed by atoms with E-state index in [-0.39, 0.29) is 11.9 Å². The number of benzene rings is 1. The van der Waals surface area contributed by atoms with Gasteiger partial charge in [0.1, 0.15) is 0 Å². The van der Waals surface area contributed by atoms with Crippen LogP contribution in [0.4, 0.5) is 5.69 Å². The molecule has 0 saturated carbocycles. The molecule has 8 heteroatoms. The van der Waals surface area contributed by atoms with E-state index >= 15 is 0 Å². The molecule has 0 aliphatic carbocycles. The minimum atomic E-state index is -0.174. The molecule has 8 nitrogen and oxygen atoms in total. The minimum Gasteiger partial charge on any atom is -0.465 e. The summed E-state index contributed by atoms with van der Waals surface area (Å²) in [4.78, 5) is 31.0. The van der Waals surface area contributed by atoms with Gasteiger partial charge in [0.05, 0.1) is 24.8 Å². The van der Waals surface area contributed by atoms with Crippen LogP contribution in [0.2, 0.25) is 0 Å². The first-order valence-corrected chi connectivity index (χ1v) is 11.6. The van der Waals surface area contributed by atoms with Gasteiger partial charge < -0.3 is 15.0 Å². The number of piperidine rings is 1. The Balaban J connectivity index is 1.59. The predicted octanol–water partition coefficient (Wildman–Crippen LogP) is 1.46. The summed E-state index contributed by atoms with van der Waals surface area (Å²) in [6, 6.07) is 10.4. The second kappa shape index (κ2) is 11.8. The van der Waals surface area contributed by atoms with Gasteiger partial charge in [-0.25, -0.2) is 0 Å². The van der Waals surface area contributed by atoms with Crippen LogP contribution in [0.5, 0.6) is 0 Å². The van der Waals surface area contributed by atoms with Gasteiger partial charge in [0.25, 0.3) is 0 Å². The zero-order chi connectivity index (χ0) is 22.9. The monoisotopic (exact) mass is 441 g/mol. The molecule has 2 aliphatic rings. The number of hydrogen-bond acceptors (Lipinski definition) is 7. The average Bonchev–Trinajstić information content (AvgIpc) is 2.83. The van der Waals surface area contributed by atoms with Gasteiger partial charge in [-0.15, -0.1) is 0 Å². The molecule has 0 radical (unpaired) electrons. The minimum absolute atomic E-state index is 0.0666. The van der Waals surface area contributed by atoms with E-state index in [0.29, 0.717) is 37.1 Å². The molecule has 0 bridgehead atoms. The number of likely N-dealkylation sites (tertiary alicyclic amines) is 1. The number of ether oxygens (including phenoxy) is 1. The van der Waals surface area contributed by atoms with Gasteiger partial charge in [-0.1, -0.05) is 0 Å². The molecule has 2 fully saturated rings. The summed E-state index contributed by atoms with van der Waals surface area (Å²) >= 11 is 0. The third-order valence-corrected chi connectivity index (χ3v) is 6.60. The van der Waals surface area contributed by atoms with Gasteiger partial charge >= 0.3 is 5.97 Å². The molecule has 2 heterocycles. The number of nitrogens with zero attached hydrogens (tertiary/aromatic N) is 4. The van der Waals surface area contributed by atoms with Gasteiger partial charge in [0.15, 0.2) is 0 Å². The van der Waals surface area contributed by atoms with E-state index < -0.39 is 0 Å². The number of esters is 1. The number of anilines is 1. The summed E-state index contributed by atoms with van der Waals surface area (Å²) in [5, 5.41) is 11.7. The fourth-order valence-electron chi connectivity index (χ4n) is 4.89. The third-order valence-electron chi connectivity index (χ3n) is 6.60. The molecule has 2 saturated heterocycles. The van der Waals surface area contributed by atoms with E-state index in [1.165, 1.54) is 0 Å². The topological polar surface area (TPSA) is 88.9 Å². The number of rotatable bonds is 8. The highest BCUT2D eigenvalue weighted by molar-refractivity contribution is 5.75. The SMILES string of the molecule is CCOC(=O)CN1CCC(N2CCN(c3ccc(C#N)cc3)CC2)C(CCC(=O)NC)C1. The number of amides is 1. The molecule has 2 atom stereocenters. The maximum absolute atomic E-state index is 12.0. The molecular weight excluding hydrogens is 406 g/mol. The van der Waals surface area contributed by atoms with Gasteiger partial charge in [0.2, 0.25) is 5.91 Å². The first kappa shape index (κ1) is 24.0. The van der Waals surface area contributed by atoms with Crippen molar-refractivity contribution in [2.75, 3.05) is 64.4 Å². The van der Waals surface area contributed by atoms with Crippen molar-refractivity contribution in [1.82, 2.24) is 15.1 Å². The van der Waals surface area contributed by atoms with Crippen LogP contribution >= 0.6 is 0 Å². The summed E-state index contributed by atoms with van der Waals surface area (Å²) in [7, 11) is 1.68. The molecule has 0 aromatic heterocycles. The van der Waals surface area contributed by atoms with Crippen molar-refractivity contribution in [2.24, 2.45) is 5.92 Å². The predicted molar refractivity (Wildman–Crippen MR) is 123 cm³/mol. The van der Waals surface area contributed by atoms with E-state index in [1.54, 1.807) is 7.05 Å². The van der Waals surface area contributed by atoms with Gasteiger partial charge in [-0.2, -0.15) is 5.26 Å². The molecule has 2 aliphatic heterocycles. The van der Waals surface area contributed by atoms with Crippen LogP contribution in [0.25, 0.3) is 0 Å². The van der Waals surface area contributed by atoms with E-state index in [0.717, 1.165) is 57.8 Å². The molecule has 1 aromatic rings. The summed E-state index contributed by atoms with van der Waals surface area (Å²) in [5.41, 5.74) is 1.84. The summed E-state index contributed by atoms with van der Waals surface area (Å²) in [6.45, 7) is 8.06. The van der Waals surface area contributed by atoms with Crippen LogP contribution in [0, 0.1) is 17.2 Å². The maximum Gasteiger partial charge on any atom is 0.320 e. The maximum atomic E-state index is 12.0. The van der Waals surface area contributed by atoms with Crippen LogP contribution in [0.15, 0.2) is 24.3 Å². The van der Waals surface area contributed by atoms with Gasteiger partial charge in [-0.05, 0) is 49.9 Å². The normalized spacial score (nSPS) is 22.2. The Kier molecular flexibility index (Phi) is 8.89. The summed E-state index contributed by atoms with van der Waals surface area (Å²) in [5.74, 6) is 0.237. The number of carbonyl (C=O) groups excluding carboxylic acids is 2. The van der Waals surface area contributed by atoms with Crippen molar-refractivity contribution >= 4 is 17.6 Å². The molecule has 0 spiro atoms. The Hall–Kier alpha value is -2.63. The Morgan fingerprint density at radius 1 is 1.16 bits per heavy atom. The number of hydrogen-bond donors (Lipinski definition) is 1. The molecule has 32 heavy (non-hydrogen) atoms. The van der Waals surface area contributed by atoms with Crippen molar-refractivity contribution in [1.29, 1.82) is 5.26 Å². The Morgan fingerprint density at radius 2 is 1.88 bits per heavy atom. The fourth-order valence-corrected chi connectivity index (χ4v) is 4.89. The molecule has 3 rings (SSSR count). The molecule has 1 N–H and O–H groups in total. The Morgan fingerprint density at radius 3 is 2.50 bits per heavy atom. The molecular formula is C24H35N5O3. The number of piperazine rings is 1. The van der Waals surface area contributed by atoms with Crippen molar-refractivity contribution in [2.45, 2.75) is 32.2 Å². The lowest BCUT2D eigenvalue weighted by Crippen LogP contribution is -2.57. The Bertz CT molecular complexity index is 799. The number of nitrogens with one attached hydrogen (secondary N) is 1. The molecule has 174 valence electrons. The summed E-state index contributed by atoms with van der Waals surface area (Å²) < 4.78 is 5.13. The second-order valence-corrected chi connectivity index (χ2v) is 8.55. The largest absolute Gasteiger partial charge is 0.465 e. The summed E-state index contributed by atoms with van der Waals surface area (Å²) in [6.07, 6.45) is 2.32. The molecule has 2 unspecified atom stereocenters. The van der Waals surface area contributed by atoms with Crippen molar-refractivity contribution < 1.29 is 14.3 Å². The Labute approximate surface area is 191 Å². The fraction of sp³-hybridized carbons (Fsp3) is 0.625. The highest BCUT2D eigenvalue weighted by atomic mass is 16.5. The molecule has 1 aromatic carbocycles. The molecule has 1 amide bonds. The van der Waals surface area contributed by atoms with Crippen LogP contribution in [-0.4, -0.2) is 87.2 Å². The van der Waals surface area contributed by atoms with Crippen LogP contribution in [0.1, 0.15) is 31.7 Å². The highest BCUT2D eigenvalue weighted by Crippen LogP contribution is 2.28. The van der Waals surface area contributed by atoms with Crippen molar-refractivity contribution in [3.63, 3.8) is 0 Å². The first-order valence-electron chi connectivity index (χ1n) is 11.6. The van der Waals surface area contributed by atoms with E-state index in [9.17, 15) is 9.59 Å². The van der Waals surface area contributed by atoms with Crippen LogP contribution < -0.4 is 10.2 Å². The quantitative estimate of drug-likeness (QED) is 0.611. The smallest absolute Gasteiger partial charge is 0.320 e.